The Morgan fingerprint density at radius 3 is 2.71 bits per heavy atom. The normalized spacial score (nSPS) is 23.2. The second kappa shape index (κ2) is 4.96. The van der Waals surface area contributed by atoms with Crippen LogP contribution in [0.4, 0.5) is 0 Å². The molecule has 1 aliphatic heterocycles. The first-order valence-electron chi connectivity index (χ1n) is 6.51. The largest absolute Gasteiger partial charge is 0.486 e. The summed E-state index contributed by atoms with van der Waals surface area (Å²) >= 11 is 0. The van der Waals surface area contributed by atoms with Gasteiger partial charge in [-0.15, -0.1) is 0 Å². The molecule has 1 unspecified atom stereocenters. The van der Waals surface area contributed by atoms with E-state index >= 15 is 0 Å². The molecule has 1 aromatic rings. The Morgan fingerprint density at radius 2 is 1.94 bits per heavy atom. The predicted octanol–water partition coefficient (Wildman–Crippen LogP) is 2.22. The average molecular weight is 233 g/mol. The fourth-order valence-corrected chi connectivity index (χ4v) is 2.31. The Morgan fingerprint density at radius 1 is 1.12 bits per heavy atom. The highest BCUT2D eigenvalue weighted by molar-refractivity contribution is 5.40. The highest BCUT2D eigenvalue weighted by atomic mass is 16.6. The first-order valence-corrected chi connectivity index (χ1v) is 6.51. The molecule has 2 aliphatic rings. The summed E-state index contributed by atoms with van der Waals surface area (Å²) < 4.78 is 11.5. The van der Waals surface area contributed by atoms with Crippen LogP contribution in [0.1, 0.15) is 19.3 Å². The molecule has 17 heavy (non-hydrogen) atoms. The van der Waals surface area contributed by atoms with Crippen LogP contribution < -0.4 is 14.8 Å². The molecule has 3 heteroatoms. The molecule has 1 aliphatic carbocycles. The van der Waals surface area contributed by atoms with Gasteiger partial charge in [-0.05, 0) is 37.4 Å². The SMILES string of the molecule is c1ccc2c(c1)OCC(CNCC1CCC1)O2. The second-order valence-electron chi connectivity index (χ2n) is 4.95. The molecule has 1 N–H and O–H groups in total. The molecule has 3 nitrogen and oxygen atoms in total. The third-order valence-corrected chi connectivity index (χ3v) is 3.60. The van der Waals surface area contributed by atoms with E-state index in [0.717, 1.165) is 30.5 Å². The molecule has 1 aromatic carbocycles. The number of fused-ring (bicyclic) bond motifs is 1. The van der Waals surface area contributed by atoms with E-state index in [9.17, 15) is 0 Å². The van der Waals surface area contributed by atoms with Gasteiger partial charge in [0.25, 0.3) is 0 Å². The van der Waals surface area contributed by atoms with Gasteiger partial charge in [-0.25, -0.2) is 0 Å². The van der Waals surface area contributed by atoms with Gasteiger partial charge < -0.3 is 14.8 Å². The van der Waals surface area contributed by atoms with Crippen molar-refractivity contribution in [3.05, 3.63) is 24.3 Å². The molecule has 1 heterocycles. The number of para-hydroxylation sites is 2. The summed E-state index contributed by atoms with van der Waals surface area (Å²) in [6.07, 6.45) is 4.32. The lowest BCUT2D eigenvalue weighted by molar-refractivity contribution is 0.0886. The third-order valence-electron chi connectivity index (χ3n) is 3.60. The number of ether oxygens (including phenoxy) is 2. The van der Waals surface area contributed by atoms with E-state index in [4.69, 9.17) is 9.47 Å². The lowest BCUT2D eigenvalue weighted by atomic mass is 9.85. The standard InChI is InChI=1S/C14H19NO2/c1-2-7-14-13(6-1)16-10-12(17-14)9-15-8-11-4-3-5-11/h1-2,6-7,11-12,15H,3-5,8-10H2. The van der Waals surface area contributed by atoms with Crippen molar-refractivity contribution in [2.75, 3.05) is 19.7 Å². The van der Waals surface area contributed by atoms with Crippen LogP contribution in [0.3, 0.4) is 0 Å². The minimum atomic E-state index is 0.143. The van der Waals surface area contributed by atoms with E-state index in [1.165, 1.54) is 19.3 Å². The first kappa shape index (κ1) is 10.9. The Hall–Kier alpha value is -1.22. The molecule has 0 spiro atoms. The number of hydrogen-bond donors (Lipinski definition) is 1. The van der Waals surface area contributed by atoms with Crippen LogP contribution >= 0.6 is 0 Å². The van der Waals surface area contributed by atoms with Crippen molar-refractivity contribution >= 4 is 0 Å². The zero-order valence-electron chi connectivity index (χ0n) is 10.0. The van der Waals surface area contributed by atoms with Gasteiger partial charge in [0.15, 0.2) is 11.5 Å². The highest BCUT2D eigenvalue weighted by Gasteiger charge is 2.21. The molecule has 0 bridgehead atoms. The quantitative estimate of drug-likeness (QED) is 0.865. The Labute approximate surface area is 102 Å². The third kappa shape index (κ3) is 2.55. The lowest BCUT2D eigenvalue weighted by Gasteiger charge is -2.29. The van der Waals surface area contributed by atoms with Crippen molar-refractivity contribution in [1.29, 1.82) is 0 Å². The zero-order valence-corrected chi connectivity index (χ0v) is 10.0. The van der Waals surface area contributed by atoms with Crippen molar-refractivity contribution in [2.45, 2.75) is 25.4 Å². The summed E-state index contributed by atoms with van der Waals surface area (Å²) in [7, 11) is 0. The van der Waals surface area contributed by atoms with Gasteiger partial charge in [0.05, 0.1) is 0 Å². The van der Waals surface area contributed by atoms with Crippen molar-refractivity contribution in [2.24, 2.45) is 5.92 Å². The minimum Gasteiger partial charge on any atom is -0.486 e. The van der Waals surface area contributed by atoms with Crippen LogP contribution in [0.25, 0.3) is 0 Å². The van der Waals surface area contributed by atoms with Crippen LogP contribution in [-0.2, 0) is 0 Å². The Bertz CT molecular complexity index is 376. The smallest absolute Gasteiger partial charge is 0.161 e. The lowest BCUT2D eigenvalue weighted by Crippen LogP contribution is -2.40. The monoisotopic (exact) mass is 233 g/mol. The van der Waals surface area contributed by atoms with Crippen molar-refractivity contribution in [1.82, 2.24) is 5.32 Å². The fraction of sp³-hybridized carbons (Fsp3) is 0.571. The molecule has 1 atom stereocenters. The second-order valence-corrected chi connectivity index (χ2v) is 4.95. The number of benzene rings is 1. The summed E-state index contributed by atoms with van der Waals surface area (Å²) in [5, 5.41) is 3.48. The van der Waals surface area contributed by atoms with E-state index in [2.05, 4.69) is 5.32 Å². The van der Waals surface area contributed by atoms with Crippen LogP contribution in [0.2, 0.25) is 0 Å². The van der Waals surface area contributed by atoms with Crippen LogP contribution in [0.15, 0.2) is 24.3 Å². The van der Waals surface area contributed by atoms with Crippen molar-refractivity contribution in [3.63, 3.8) is 0 Å². The van der Waals surface area contributed by atoms with Crippen LogP contribution in [-0.4, -0.2) is 25.8 Å². The summed E-state index contributed by atoms with van der Waals surface area (Å²) in [4.78, 5) is 0. The van der Waals surface area contributed by atoms with E-state index in [1.54, 1.807) is 0 Å². The maximum atomic E-state index is 5.88. The molecule has 1 fully saturated rings. The minimum absolute atomic E-state index is 0.143. The Kier molecular flexibility index (Phi) is 3.18. The number of nitrogens with one attached hydrogen (secondary N) is 1. The van der Waals surface area contributed by atoms with E-state index in [1.807, 2.05) is 24.3 Å². The number of hydrogen-bond acceptors (Lipinski definition) is 3. The molecule has 3 rings (SSSR count). The average Bonchev–Trinajstić information content (AvgIpc) is 2.32. The van der Waals surface area contributed by atoms with Gasteiger partial charge in [-0.1, -0.05) is 18.6 Å². The van der Waals surface area contributed by atoms with Crippen LogP contribution in [0.5, 0.6) is 11.5 Å². The maximum absolute atomic E-state index is 5.88. The number of rotatable bonds is 4. The highest BCUT2D eigenvalue weighted by Crippen LogP contribution is 2.30. The van der Waals surface area contributed by atoms with Crippen molar-refractivity contribution in [3.8, 4) is 11.5 Å². The molecule has 0 radical (unpaired) electrons. The molecule has 1 saturated carbocycles. The van der Waals surface area contributed by atoms with Gasteiger partial charge in [-0.3, -0.25) is 0 Å². The van der Waals surface area contributed by atoms with Gasteiger partial charge in [0.1, 0.15) is 12.7 Å². The van der Waals surface area contributed by atoms with Gasteiger partial charge in [-0.2, -0.15) is 0 Å². The topological polar surface area (TPSA) is 30.5 Å². The predicted molar refractivity (Wildman–Crippen MR) is 66.6 cm³/mol. The molecule has 0 aromatic heterocycles. The van der Waals surface area contributed by atoms with E-state index < -0.39 is 0 Å². The maximum Gasteiger partial charge on any atom is 0.161 e. The summed E-state index contributed by atoms with van der Waals surface area (Å²) in [6, 6.07) is 7.87. The summed E-state index contributed by atoms with van der Waals surface area (Å²) in [5.74, 6) is 2.63. The molecule has 0 amide bonds. The summed E-state index contributed by atoms with van der Waals surface area (Å²) in [5.41, 5.74) is 0. The molecule has 0 saturated heterocycles. The van der Waals surface area contributed by atoms with E-state index in [0.29, 0.717) is 6.61 Å². The molecular weight excluding hydrogens is 214 g/mol. The van der Waals surface area contributed by atoms with E-state index in [-0.39, 0.29) is 6.10 Å². The zero-order chi connectivity index (χ0) is 11.5. The molecular formula is C14H19NO2. The van der Waals surface area contributed by atoms with Gasteiger partial charge in [0, 0.05) is 6.54 Å². The van der Waals surface area contributed by atoms with Gasteiger partial charge in [0.2, 0.25) is 0 Å². The fourth-order valence-electron chi connectivity index (χ4n) is 2.31. The van der Waals surface area contributed by atoms with Crippen molar-refractivity contribution < 1.29 is 9.47 Å². The van der Waals surface area contributed by atoms with Gasteiger partial charge >= 0.3 is 0 Å². The molecule has 92 valence electrons. The summed E-state index contributed by atoms with van der Waals surface area (Å²) in [6.45, 7) is 2.65. The Balaban J connectivity index is 1.46. The first-order chi connectivity index (χ1) is 8.42. The van der Waals surface area contributed by atoms with Crippen LogP contribution in [0, 0.1) is 5.92 Å².